The minimum atomic E-state index is -0.185. The van der Waals surface area contributed by atoms with Crippen molar-refractivity contribution in [3.05, 3.63) is 35.6 Å². The first-order chi connectivity index (χ1) is 5.61. The van der Waals surface area contributed by atoms with E-state index in [0.717, 1.165) is 5.56 Å². The van der Waals surface area contributed by atoms with E-state index in [1.165, 1.54) is 12.1 Å². The molecular weight excluding hydrogens is 153 g/mol. The Balaban J connectivity index is 2.82. The molecule has 0 radical (unpaired) electrons. The molecule has 0 fully saturated rings. The number of halogens is 1. The second-order valence-corrected chi connectivity index (χ2v) is 3.40. The first kappa shape index (κ1) is 9.20. The Hall–Kier alpha value is -0.890. The van der Waals surface area contributed by atoms with E-state index in [-0.39, 0.29) is 11.9 Å². The molecule has 0 saturated heterocycles. The summed E-state index contributed by atoms with van der Waals surface area (Å²) in [6.45, 7) is 4.22. The average Bonchev–Trinajstić information content (AvgIpc) is 2.04. The largest absolute Gasteiger partial charge is 0.351 e. The lowest BCUT2D eigenvalue weighted by atomic mass is 9.97. The van der Waals surface area contributed by atoms with Gasteiger partial charge in [0.1, 0.15) is 11.9 Å². The van der Waals surface area contributed by atoms with Crippen LogP contribution in [-0.2, 0) is 0 Å². The van der Waals surface area contributed by atoms with Gasteiger partial charge < -0.3 is 5.73 Å². The summed E-state index contributed by atoms with van der Waals surface area (Å²) in [6.07, 6.45) is 0. The van der Waals surface area contributed by atoms with Gasteiger partial charge in [-0.3, -0.25) is 0 Å². The van der Waals surface area contributed by atoms with Gasteiger partial charge in [0.25, 0.3) is 0 Å². The molecule has 0 aliphatic carbocycles. The van der Waals surface area contributed by atoms with Gasteiger partial charge in [0, 0.05) is 11.5 Å². The Labute approximate surface area is 72.4 Å². The van der Waals surface area contributed by atoms with Crippen molar-refractivity contribution >= 4 is 0 Å². The van der Waals surface area contributed by atoms with Crippen LogP contribution in [0.1, 0.15) is 25.5 Å². The molecule has 1 nitrogen and oxygen atoms in total. The topological polar surface area (TPSA) is 27.6 Å². The van der Waals surface area contributed by atoms with Gasteiger partial charge in [0.05, 0.1) is 0 Å². The van der Waals surface area contributed by atoms with E-state index < -0.39 is 0 Å². The van der Waals surface area contributed by atoms with Crippen molar-refractivity contribution in [2.24, 2.45) is 5.92 Å². The SMILES string of the molecule is CC(C)[C@H]([NH3+])c1ccc(F)cc1. The molecule has 12 heavy (non-hydrogen) atoms. The summed E-state index contributed by atoms with van der Waals surface area (Å²) in [6, 6.07) is 6.82. The number of hydrogen-bond donors (Lipinski definition) is 1. The molecule has 1 atom stereocenters. The Morgan fingerprint density at radius 3 is 2.08 bits per heavy atom. The molecule has 0 saturated carbocycles. The highest BCUT2D eigenvalue weighted by molar-refractivity contribution is 5.18. The fourth-order valence-electron chi connectivity index (χ4n) is 1.09. The molecule has 1 aromatic carbocycles. The van der Waals surface area contributed by atoms with Crippen LogP contribution in [0, 0.1) is 11.7 Å². The maximum atomic E-state index is 12.5. The van der Waals surface area contributed by atoms with Gasteiger partial charge in [-0.2, -0.15) is 0 Å². The lowest BCUT2D eigenvalue weighted by Gasteiger charge is -2.11. The van der Waals surface area contributed by atoms with Crippen molar-refractivity contribution in [3.63, 3.8) is 0 Å². The summed E-state index contributed by atoms with van der Waals surface area (Å²) in [5.41, 5.74) is 5.12. The van der Waals surface area contributed by atoms with Crippen molar-refractivity contribution in [3.8, 4) is 0 Å². The molecule has 0 bridgehead atoms. The van der Waals surface area contributed by atoms with Crippen molar-refractivity contribution in [2.75, 3.05) is 0 Å². The zero-order chi connectivity index (χ0) is 9.14. The van der Waals surface area contributed by atoms with Crippen LogP contribution in [0.25, 0.3) is 0 Å². The lowest BCUT2D eigenvalue weighted by molar-refractivity contribution is -0.438. The highest BCUT2D eigenvalue weighted by Crippen LogP contribution is 2.16. The summed E-state index contributed by atoms with van der Waals surface area (Å²) in [4.78, 5) is 0. The average molecular weight is 168 g/mol. The predicted molar refractivity (Wildman–Crippen MR) is 46.9 cm³/mol. The van der Waals surface area contributed by atoms with E-state index in [1.807, 2.05) is 0 Å². The molecule has 3 N–H and O–H groups in total. The molecular formula is C10H15FN+. The van der Waals surface area contributed by atoms with E-state index in [0.29, 0.717) is 5.92 Å². The third-order valence-electron chi connectivity index (χ3n) is 2.10. The van der Waals surface area contributed by atoms with Crippen LogP contribution in [0.15, 0.2) is 24.3 Å². The van der Waals surface area contributed by atoms with Crippen LogP contribution in [0.2, 0.25) is 0 Å². The fourth-order valence-corrected chi connectivity index (χ4v) is 1.09. The van der Waals surface area contributed by atoms with Crippen molar-refractivity contribution in [1.29, 1.82) is 0 Å². The molecule has 0 aliphatic rings. The Kier molecular flexibility index (Phi) is 2.82. The Morgan fingerprint density at radius 1 is 1.17 bits per heavy atom. The smallest absolute Gasteiger partial charge is 0.123 e. The maximum absolute atomic E-state index is 12.5. The van der Waals surface area contributed by atoms with E-state index in [2.05, 4.69) is 19.6 Å². The molecule has 0 aromatic heterocycles. The molecule has 0 spiro atoms. The molecule has 1 aromatic rings. The molecule has 0 unspecified atom stereocenters. The van der Waals surface area contributed by atoms with Crippen molar-refractivity contribution < 1.29 is 10.1 Å². The third-order valence-corrected chi connectivity index (χ3v) is 2.10. The van der Waals surface area contributed by atoms with Crippen LogP contribution >= 0.6 is 0 Å². The Morgan fingerprint density at radius 2 is 1.67 bits per heavy atom. The minimum absolute atomic E-state index is 0.185. The first-order valence-electron chi connectivity index (χ1n) is 4.20. The van der Waals surface area contributed by atoms with E-state index >= 15 is 0 Å². The summed E-state index contributed by atoms with van der Waals surface area (Å²) in [7, 11) is 0. The van der Waals surface area contributed by atoms with Gasteiger partial charge in [-0.25, -0.2) is 4.39 Å². The fraction of sp³-hybridized carbons (Fsp3) is 0.400. The normalized spacial score (nSPS) is 13.4. The van der Waals surface area contributed by atoms with Crippen molar-refractivity contribution in [1.82, 2.24) is 0 Å². The Bertz CT molecular complexity index is 241. The molecule has 66 valence electrons. The highest BCUT2D eigenvalue weighted by Gasteiger charge is 2.13. The van der Waals surface area contributed by atoms with Gasteiger partial charge in [-0.05, 0) is 12.1 Å². The van der Waals surface area contributed by atoms with Gasteiger partial charge in [0.2, 0.25) is 0 Å². The number of rotatable bonds is 2. The summed E-state index contributed by atoms with van der Waals surface area (Å²) in [5.74, 6) is 0.310. The van der Waals surface area contributed by atoms with E-state index in [9.17, 15) is 4.39 Å². The zero-order valence-corrected chi connectivity index (χ0v) is 7.55. The zero-order valence-electron chi connectivity index (χ0n) is 7.55. The van der Waals surface area contributed by atoms with Gasteiger partial charge >= 0.3 is 0 Å². The monoisotopic (exact) mass is 168 g/mol. The second kappa shape index (κ2) is 3.68. The van der Waals surface area contributed by atoms with E-state index in [4.69, 9.17) is 0 Å². The minimum Gasteiger partial charge on any atom is -0.351 e. The predicted octanol–water partition coefficient (Wildman–Crippen LogP) is 1.76. The lowest BCUT2D eigenvalue weighted by Crippen LogP contribution is -2.55. The van der Waals surface area contributed by atoms with Crippen LogP contribution in [-0.4, -0.2) is 0 Å². The van der Waals surface area contributed by atoms with Crippen LogP contribution in [0.5, 0.6) is 0 Å². The molecule has 0 heterocycles. The van der Waals surface area contributed by atoms with E-state index in [1.54, 1.807) is 12.1 Å². The molecule has 1 rings (SSSR count). The number of quaternary nitrogens is 1. The summed E-state index contributed by atoms with van der Waals surface area (Å²) < 4.78 is 12.5. The second-order valence-electron chi connectivity index (χ2n) is 3.40. The molecule has 0 amide bonds. The van der Waals surface area contributed by atoms with Crippen LogP contribution < -0.4 is 5.73 Å². The third kappa shape index (κ3) is 2.05. The quantitative estimate of drug-likeness (QED) is 0.697. The van der Waals surface area contributed by atoms with Crippen molar-refractivity contribution in [2.45, 2.75) is 19.9 Å². The maximum Gasteiger partial charge on any atom is 0.123 e. The number of benzene rings is 1. The van der Waals surface area contributed by atoms with Crippen LogP contribution in [0.4, 0.5) is 4.39 Å². The van der Waals surface area contributed by atoms with Crippen LogP contribution in [0.3, 0.4) is 0 Å². The first-order valence-corrected chi connectivity index (χ1v) is 4.20. The summed E-state index contributed by atoms with van der Waals surface area (Å²) >= 11 is 0. The molecule has 2 heteroatoms. The standard InChI is InChI=1S/C10H14FN/c1-7(2)10(12)8-3-5-9(11)6-4-8/h3-7,10H,12H2,1-2H3/p+1/t10-/m0/s1. The molecule has 0 aliphatic heterocycles. The highest BCUT2D eigenvalue weighted by atomic mass is 19.1. The van der Waals surface area contributed by atoms with Gasteiger partial charge in [-0.15, -0.1) is 0 Å². The summed E-state index contributed by atoms with van der Waals surface area (Å²) in [5, 5.41) is 0. The number of hydrogen-bond acceptors (Lipinski definition) is 0. The van der Waals surface area contributed by atoms with Gasteiger partial charge in [-0.1, -0.05) is 26.0 Å². The van der Waals surface area contributed by atoms with Gasteiger partial charge in [0.15, 0.2) is 0 Å².